The molecule has 0 bridgehead atoms. The van der Waals surface area contributed by atoms with Crippen LogP contribution >= 0.6 is 0 Å². The normalized spacial score (nSPS) is 14.1. The summed E-state index contributed by atoms with van der Waals surface area (Å²) in [5.41, 5.74) is 2.56. The van der Waals surface area contributed by atoms with Crippen molar-refractivity contribution in [3.05, 3.63) is 35.4 Å². The van der Waals surface area contributed by atoms with Crippen molar-refractivity contribution in [2.75, 3.05) is 0 Å². The Bertz CT molecular complexity index is 283. The van der Waals surface area contributed by atoms with Crippen molar-refractivity contribution in [2.24, 2.45) is 0 Å². The Balaban J connectivity index is 2.94. The lowest BCUT2D eigenvalue weighted by atomic mass is 9.82. The molecule has 1 aromatic carbocycles. The summed E-state index contributed by atoms with van der Waals surface area (Å²) in [5.74, 6) is 0. The highest BCUT2D eigenvalue weighted by Crippen LogP contribution is 2.27. The first kappa shape index (κ1) is 11.3. The lowest BCUT2D eigenvalue weighted by Gasteiger charge is -2.23. The van der Waals surface area contributed by atoms with Crippen LogP contribution in [0.2, 0.25) is 0 Å². The third-order valence-corrected chi connectivity index (χ3v) is 3.06. The van der Waals surface area contributed by atoms with E-state index in [1.807, 2.05) is 12.1 Å². The first-order valence-electron chi connectivity index (χ1n) is 5.26. The van der Waals surface area contributed by atoms with Gasteiger partial charge in [0.05, 0.1) is 6.10 Å². The van der Waals surface area contributed by atoms with Crippen LogP contribution < -0.4 is 0 Å². The monoisotopic (exact) mass is 192 g/mol. The topological polar surface area (TPSA) is 20.2 Å². The molecule has 0 saturated heterocycles. The zero-order valence-electron chi connectivity index (χ0n) is 9.54. The first-order valence-corrected chi connectivity index (χ1v) is 5.26. The Morgan fingerprint density at radius 1 is 1.21 bits per heavy atom. The van der Waals surface area contributed by atoms with Crippen molar-refractivity contribution >= 4 is 0 Å². The molecule has 78 valence electrons. The predicted octanol–water partition coefficient (Wildman–Crippen LogP) is 3.43. The van der Waals surface area contributed by atoms with Gasteiger partial charge in [0.2, 0.25) is 0 Å². The lowest BCUT2D eigenvalue weighted by Crippen LogP contribution is -2.15. The zero-order chi connectivity index (χ0) is 10.8. The molecule has 0 fully saturated rings. The molecule has 0 radical (unpaired) electrons. The second-order valence-electron chi connectivity index (χ2n) is 4.54. The van der Waals surface area contributed by atoms with Crippen molar-refractivity contribution in [1.82, 2.24) is 0 Å². The third kappa shape index (κ3) is 2.36. The Labute approximate surface area is 86.8 Å². The number of rotatable bonds is 3. The second kappa shape index (κ2) is 4.14. The summed E-state index contributed by atoms with van der Waals surface area (Å²) >= 11 is 0. The molecule has 1 atom stereocenters. The maximum absolute atomic E-state index is 9.37. The molecule has 1 rings (SSSR count). The Morgan fingerprint density at radius 3 is 2.07 bits per heavy atom. The average molecular weight is 192 g/mol. The van der Waals surface area contributed by atoms with E-state index in [-0.39, 0.29) is 11.5 Å². The Morgan fingerprint density at radius 2 is 1.71 bits per heavy atom. The first-order chi connectivity index (χ1) is 6.47. The van der Waals surface area contributed by atoms with Crippen molar-refractivity contribution in [2.45, 2.75) is 45.6 Å². The van der Waals surface area contributed by atoms with Gasteiger partial charge in [-0.2, -0.15) is 0 Å². The summed E-state index contributed by atoms with van der Waals surface area (Å²) in [6.45, 7) is 8.47. The standard InChI is InChI=1S/C13H20O/c1-5-13(3,4)12-8-6-11(7-9-12)10(2)14/h6-10,14H,5H2,1-4H3/t10-/m1/s1. The number of aliphatic hydroxyl groups excluding tert-OH is 1. The van der Waals surface area contributed by atoms with Crippen molar-refractivity contribution in [3.63, 3.8) is 0 Å². The molecule has 0 aliphatic heterocycles. The van der Waals surface area contributed by atoms with E-state index in [2.05, 4.69) is 32.9 Å². The molecule has 0 spiro atoms. The third-order valence-electron chi connectivity index (χ3n) is 3.06. The molecular weight excluding hydrogens is 172 g/mol. The molecule has 1 N–H and O–H groups in total. The van der Waals surface area contributed by atoms with Gasteiger partial charge in [0.15, 0.2) is 0 Å². The highest BCUT2D eigenvalue weighted by Gasteiger charge is 2.17. The molecule has 1 aromatic rings. The van der Waals surface area contributed by atoms with Gasteiger partial charge in [0.25, 0.3) is 0 Å². The molecule has 0 amide bonds. The molecule has 0 aromatic heterocycles. The van der Waals surface area contributed by atoms with E-state index in [1.165, 1.54) is 5.56 Å². The quantitative estimate of drug-likeness (QED) is 0.778. The molecule has 1 heteroatoms. The molecule has 14 heavy (non-hydrogen) atoms. The van der Waals surface area contributed by atoms with E-state index >= 15 is 0 Å². The largest absolute Gasteiger partial charge is 0.389 e. The van der Waals surface area contributed by atoms with Crippen LogP contribution in [-0.4, -0.2) is 5.11 Å². The van der Waals surface area contributed by atoms with Crippen LogP contribution in [0.25, 0.3) is 0 Å². The van der Waals surface area contributed by atoms with Crippen LogP contribution in [-0.2, 0) is 5.41 Å². The second-order valence-corrected chi connectivity index (χ2v) is 4.54. The number of aliphatic hydroxyl groups is 1. The fraction of sp³-hybridized carbons (Fsp3) is 0.538. The summed E-state index contributed by atoms with van der Waals surface area (Å²) in [6.07, 6.45) is 0.759. The highest BCUT2D eigenvalue weighted by molar-refractivity contribution is 5.28. The van der Waals surface area contributed by atoms with Crippen LogP contribution in [0.15, 0.2) is 24.3 Å². The van der Waals surface area contributed by atoms with Gasteiger partial charge in [0, 0.05) is 0 Å². The van der Waals surface area contributed by atoms with E-state index in [0.717, 1.165) is 12.0 Å². The maximum Gasteiger partial charge on any atom is 0.0761 e. The van der Waals surface area contributed by atoms with E-state index < -0.39 is 0 Å². The minimum Gasteiger partial charge on any atom is -0.389 e. The van der Waals surface area contributed by atoms with Crippen LogP contribution in [0.4, 0.5) is 0 Å². The van der Waals surface area contributed by atoms with Gasteiger partial charge in [0.1, 0.15) is 0 Å². The lowest BCUT2D eigenvalue weighted by molar-refractivity contribution is 0.199. The minimum absolute atomic E-state index is 0.233. The van der Waals surface area contributed by atoms with Gasteiger partial charge in [-0.3, -0.25) is 0 Å². The fourth-order valence-corrected chi connectivity index (χ4v) is 1.42. The number of hydrogen-bond donors (Lipinski definition) is 1. The van der Waals surface area contributed by atoms with Crippen LogP contribution in [0.5, 0.6) is 0 Å². The van der Waals surface area contributed by atoms with Gasteiger partial charge in [-0.1, -0.05) is 45.0 Å². The molecule has 0 saturated carbocycles. The molecule has 0 aliphatic rings. The van der Waals surface area contributed by atoms with Crippen molar-refractivity contribution < 1.29 is 5.11 Å². The van der Waals surface area contributed by atoms with E-state index in [4.69, 9.17) is 0 Å². The molecule has 0 heterocycles. The van der Waals surface area contributed by atoms with Gasteiger partial charge >= 0.3 is 0 Å². The fourth-order valence-electron chi connectivity index (χ4n) is 1.42. The summed E-state index contributed by atoms with van der Waals surface area (Å²) in [6, 6.07) is 8.26. The van der Waals surface area contributed by atoms with E-state index in [9.17, 15) is 5.11 Å². The average Bonchev–Trinajstić information content (AvgIpc) is 2.18. The van der Waals surface area contributed by atoms with E-state index in [1.54, 1.807) is 6.92 Å². The minimum atomic E-state index is -0.367. The van der Waals surface area contributed by atoms with Crippen LogP contribution in [0.3, 0.4) is 0 Å². The van der Waals surface area contributed by atoms with Gasteiger partial charge in [-0.15, -0.1) is 0 Å². The molecular formula is C13H20O. The summed E-state index contributed by atoms with van der Waals surface area (Å²) in [5, 5.41) is 9.37. The van der Waals surface area contributed by atoms with Crippen molar-refractivity contribution in [3.8, 4) is 0 Å². The molecule has 0 aliphatic carbocycles. The van der Waals surface area contributed by atoms with Gasteiger partial charge in [-0.25, -0.2) is 0 Å². The summed E-state index contributed by atoms with van der Waals surface area (Å²) in [7, 11) is 0. The SMILES string of the molecule is CCC(C)(C)c1ccc([C@@H](C)O)cc1. The van der Waals surface area contributed by atoms with Crippen LogP contribution in [0, 0.1) is 0 Å². The number of hydrogen-bond acceptors (Lipinski definition) is 1. The number of benzene rings is 1. The van der Waals surface area contributed by atoms with Crippen LogP contribution in [0.1, 0.15) is 51.3 Å². The summed E-state index contributed by atoms with van der Waals surface area (Å²) in [4.78, 5) is 0. The smallest absolute Gasteiger partial charge is 0.0761 e. The Kier molecular flexibility index (Phi) is 3.33. The van der Waals surface area contributed by atoms with E-state index in [0.29, 0.717) is 0 Å². The molecule has 1 nitrogen and oxygen atoms in total. The maximum atomic E-state index is 9.37. The molecule has 0 unspecified atom stereocenters. The van der Waals surface area contributed by atoms with Gasteiger partial charge < -0.3 is 5.11 Å². The van der Waals surface area contributed by atoms with Gasteiger partial charge in [-0.05, 0) is 29.9 Å². The Hall–Kier alpha value is -0.820. The highest BCUT2D eigenvalue weighted by atomic mass is 16.3. The summed E-state index contributed by atoms with van der Waals surface area (Å²) < 4.78 is 0. The zero-order valence-corrected chi connectivity index (χ0v) is 9.54. The van der Waals surface area contributed by atoms with Crippen molar-refractivity contribution in [1.29, 1.82) is 0 Å². The predicted molar refractivity (Wildman–Crippen MR) is 60.4 cm³/mol.